The zero-order valence-electron chi connectivity index (χ0n) is 18.4. The summed E-state index contributed by atoms with van der Waals surface area (Å²) in [5.74, 6) is 0.893. The van der Waals surface area contributed by atoms with Crippen molar-refractivity contribution in [2.24, 2.45) is 0 Å². The summed E-state index contributed by atoms with van der Waals surface area (Å²) in [6.45, 7) is 0.250. The molecule has 0 aliphatic rings. The predicted octanol–water partition coefficient (Wildman–Crippen LogP) is 2.66. The predicted molar refractivity (Wildman–Crippen MR) is 133 cm³/mol. The van der Waals surface area contributed by atoms with Crippen molar-refractivity contribution in [2.45, 2.75) is 12.6 Å². The molecule has 0 radical (unpaired) electrons. The Hall–Kier alpha value is -4.29. The number of anilines is 3. The molecule has 0 aliphatic heterocycles. The molecule has 8 nitrogen and oxygen atoms in total. The summed E-state index contributed by atoms with van der Waals surface area (Å²) in [4.78, 5) is 27.4. The molecular weight excluding hydrogens is 452 g/mol. The lowest BCUT2D eigenvalue weighted by Gasteiger charge is -2.30. The van der Waals surface area contributed by atoms with Gasteiger partial charge in [-0.2, -0.15) is 0 Å². The zero-order valence-corrected chi connectivity index (χ0v) is 19.2. The Bertz CT molecular complexity index is 1300. The van der Waals surface area contributed by atoms with Gasteiger partial charge < -0.3 is 11.1 Å². The van der Waals surface area contributed by atoms with Gasteiger partial charge in [0.25, 0.3) is 0 Å². The number of terminal acetylenes is 1. The first kappa shape index (κ1) is 24.4. The van der Waals surface area contributed by atoms with E-state index < -0.39 is 27.9 Å². The summed E-state index contributed by atoms with van der Waals surface area (Å²) < 4.78 is 25.4. The Morgan fingerprint density at radius 1 is 1.00 bits per heavy atom. The lowest BCUT2D eigenvalue weighted by Crippen LogP contribution is -2.43. The first-order chi connectivity index (χ1) is 16.2. The van der Waals surface area contributed by atoms with Crippen molar-refractivity contribution >= 4 is 38.9 Å². The SMILES string of the molecule is C#CC(=O)N(c1ccc(NS(C)(=O)=O)cc1)C(C(=O)NCc1ccccc1)c1ccc(N)cc1. The van der Waals surface area contributed by atoms with E-state index >= 15 is 0 Å². The monoisotopic (exact) mass is 476 g/mol. The van der Waals surface area contributed by atoms with Crippen molar-refractivity contribution in [1.82, 2.24) is 5.32 Å². The van der Waals surface area contributed by atoms with Crippen LogP contribution in [0.2, 0.25) is 0 Å². The van der Waals surface area contributed by atoms with Crippen LogP contribution in [0.4, 0.5) is 17.1 Å². The average molecular weight is 477 g/mol. The van der Waals surface area contributed by atoms with Crippen molar-refractivity contribution in [3.05, 3.63) is 90.0 Å². The minimum atomic E-state index is -3.48. The average Bonchev–Trinajstić information content (AvgIpc) is 2.81. The molecule has 1 atom stereocenters. The molecule has 0 aromatic heterocycles. The first-order valence-corrected chi connectivity index (χ1v) is 12.1. The molecule has 9 heteroatoms. The number of nitrogens with one attached hydrogen (secondary N) is 2. The number of hydrogen-bond donors (Lipinski definition) is 3. The van der Waals surface area contributed by atoms with E-state index in [1.54, 1.807) is 24.3 Å². The molecule has 0 aliphatic carbocycles. The molecule has 4 N–H and O–H groups in total. The molecular formula is C25H24N4O4S. The second-order valence-corrected chi connectivity index (χ2v) is 9.26. The van der Waals surface area contributed by atoms with Gasteiger partial charge in [0.05, 0.1) is 6.26 Å². The van der Waals surface area contributed by atoms with E-state index in [4.69, 9.17) is 12.2 Å². The van der Waals surface area contributed by atoms with Crippen molar-refractivity contribution in [1.29, 1.82) is 0 Å². The highest BCUT2D eigenvalue weighted by molar-refractivity contribution is 7.92. The van der Waals surface area contributed by atoms with Crippen LogP contribution in [-0.4, -0.2) is 26.5 Å². The summed E-state index contributed by atoms with van der Waals surface area (Å²) in [5.41, 5.74) is 8.32. The largest absolute Gasteiger partial charge is 0.399 e. The lowest BCUT2D eigenvalue weighted by atomic mass is 10.0. The van der Waals surface area contributed by atoms with Gasteiger partial charge in [0.15, 0.2) is 0 Å². The van der Waals surface area contributed by atoms with Crippen molar-refractivity contribution in [2.75, 3.05) is 21.6 Å². The summed E-state index contributed by atoms with van der Waals surface area (Å²) >= 11 is 0. The highest BCUT2D eigenvalue weighted by atomic mass is 32.2. The van der Waals surface area contributed by atoms with Crippen LogP contribution >= 0.6 is 0 Å². The van der Waals surface area contributed by atoms with Gasteiger partial charge in [-0.25, -0.2) is 8.42 Å². The molecule has 0 spiro atoms. The molecule has 34 heavy (non-hydrogen) atoms. The van der Waals surface area contributed by atoms with E-state index in [0.29, 0.717) is 22.6 Å². The number of carbonyl (C=O) groups is 2. The molecule has 3 aromatic carbocycles. The number of rotatable bonds is 8. The number of nitrogens with two attached hydrogens (primary N) is 1. The van der Waals surface area contributed by atoms with Gasteiger partial charge in [0, 0.05) is 23.6 Å². The Kier molecular flexibility index (Phi) is 7.56. The minimum Gasteiger partial charge on any atom is -0.399 e. The van der Waals surface area contributed by atoms with E-state index in [2.05, 4.69) is 16.0 Å². The molecule has 0 heterocycles. The molecule has 1 unspecified atom stereocenters. The van der Waals surface area contributed by atoms with Gasteiger partial charge in [-0.1, -0.05) is 42.5 Å². The molecule has 2 amide bonds. The molecule has 3 aromatic rings. The molecule has 0 saturated carbocycles. The number of carbonyl (C=O) groups excluding carboxylic acids is 2. The first-order valence-electron chi connectivity index (χ1n) is 10.2. The van der Waals surface area contributed by atoms with Crippen LogP contribution < -0.4 is 20.7 Å². The number of benzene rings is 3. The van der Waals surface area contributed by atoms with Crippen LogP contribution in [0.1, 0.15) is 17.2 Å². The van der Waals surface area contributed by atoms with E-state index in [1.165, 1.54) is 29.2 Å². The van der Waals surface area contributed by atoms with Crippen molar-refractivity contribution in [3.63, 3.8) is 0 Å². The van der Waals surface area contributed by atoms with Crippen LogP contribution in [0.25, 0.3) is 0 Å². The number of hydrogen-bond acceptors (Lipinski definition) is 5. The van der Waals surface area contributed by atoms with Crippen LogP contribution in [0.15, 0.2) is 78.9 Å². The maximum atomic E-state index is 13.4. The summed E-state index contributed by atoms with van der Waals surface area (Å²) in [5, 5.41) is 2.86. The van der Waals surface area contributed by atoms with Crippen LogP contribution in [0.3, 0.4) is 0 Å². The Labute approximate surface area is 198 Å². The Morgan fingerprint density at radius 2 is 1.62 bits per heavy atom. The standard InChI is InChI=1S/C25H24N4O4S/c1-3-23(30)29(22-15-13-21(14-16-22)28-34(2,32)33)24(19-9-11-20(26)12-10-19)25(31)27-17-18-7-5-4-6-8-18/h1,4-16,24,28H,17,26H2,2H3,(H,27,31). The summed E-state index contributed by atoms with van der Waals surface area (Å²) in [7, 11) is -3.48. The Balaban J connectivity index is 2.00. The van der Waals surface area contributed by atoms with Gasteiger partial charge in [0.2, 0.25) is 15.9 Å². The minimum absolute atomic E-state index is 0.250. The Morgan fingerprint density at radius 3 is 2.18 bits per heavy atom. The zero-order chi connectivity index (χ0) is 24.7. The van der Waals surface area contributed by atoms with E-state index in [-0.39, 0.29) is 6.54 Å². The summed E-state index contributed by atoms with van der Waals surface area (Å²) in [6, 6.07) is 20.8. The topological polar surface area (TPSA) is 122 Å². The van der Waals surface area contributed by atoms with E-state index in [0.717, 1.165) is 11.8 Å². The molecule has 0 bridgehead atoms. The van der Waals surface area contributed by atoms with E-state index in [1.807, 2.05) is 30.3 Å². The maximum absolute atomic E-state index is 13.4. The van der Waals surface area contributed by atoms with Crippen molar-refractivity contribution < 1.29 is 18.0 Å². The van der Waals surface area contributed by atoms with Gasteiger partial charge in [0.1, 0.15) is 6.04 Å². The fraction of sp³-hybridized carbons (Fsp3) is 0.120. The maximum Gasteiger partial charge on any atom is 0.303 e. The third-order valence-corrected chi connectivity index (χ3v) is 5.47. The highest BCUT2D eigenvalue weighted by Gasteiger charge is 2.32. The smallest absolute Gasteiger partial charge is 0.303 e. The normalized spacial score (nSPS) is 11.6. The van der Waals surface area contributed by atoms with E-state index in [9.17, 15) is 18.0 Å². The number of nitrogen functional groups attached to an aromatic ring is 1. The third kappa shape index (κ3) is 6.37. The van der Waals surface area contributed by atoms with Gasteiger partial charge in [-0.3, -0.25) is 19.2 Å². The number of amides is 2. The molecule has 3 rings (SSSR count). The second-order valence-electron chi connectivity index (χ2n) is 7.51. The quantitative estimate of drug-likeness (QED) is 0.341. The molecule has 0 saturated heterocycles. The number of nitrogens with zero attached hydrogens (tertiary/aromatic N) is 1. The fourth-order valence-corrected chi connectivity index (χ4v) is 3.90. The van der Waals surface area contributed by atoms with Crippen LogP contribution in [0, 0.1) is 12.3 Å². The van der Waals surface area contributed by atoms with Crippen LogP contribution in [0.5, 0.6) is 0 Å². The van der Waals surface area contributed by atoms with Gasteiger partial charge in [-0.05, 0) is 53.4 Å². The van der Waals surface area contributed by atoms with Crippen molar-refractivity contribution in [3.8, 4) is 12.3 Å². The highest BCUT2D eigenvalue weighted by Crippen LogP contribution is 2.30. The molecule has 0 fully saturated rings. The fourth-order valence-electron chi connectivity index (χ4n) is 3.33. The summed E-state index contributed by atoms with van der Waals surface area (Å²) in [6.07, 6.45) is 6.48. The molecule has 174 valence electrons. The third-order valence-electron chi connectivity index (χ3n) is 4.86. The lowest BCUT2D eigenvalue weighted by molar-refractivity contribution is -0.125. The van der Waals surface area contributed by atoms with Gasteiger partial charge in [-0.15, -0.1) is 6.42 Å². The van der Waals surface area contributed by atoms with Crippen LogP contribution in [-0.2, 0) is 26.2 Å². The van der Waals surface area contributed by atoms with Gasteiger partial charge >= 0.3 is 5.91 Å². The number of sulfonamides is 1. The second kappa shape index (κ2) is 10.6.